The van der Waals surface area contributed by atoms with E-state index in [1.54, 1.807) is 6.92 Å². The van der Waals surface area contributed by atoms with E-state index in [4.69, 9.17) is 9.47 Å². The quantitative estimate of drug-likeness (QED) is 0.723. The largest absolute Gasteiger partial charge is 0.464 e. The molecule has 0 unspecified atom stereocenters. The van der Waals surface area contributed by atoms with Crippen LogP contribution in [-0.4, -0.2) is 41.4 Å². The highest BCUT2D eigenvalue weighted by Gasteiger charge is 2.46. The van der Waals surface area contributed by atoms with Crippen LogP contribution in [-0.2, 0) is 19.5 Å². The maximum atomic E-state index is 12.1. The first kappa shape index (κ1) is 15.4. The molecule has 18 heavy (non-hydrogen) atoms. The van der Waals surface area contributed by atoms with Crippen LogP contribution in [0.1, 0.15) is 47.5 Å². The van der Waals surface area contributed by atoms with Gasteiger partial charge in [0.15, 0.2) is 0 Å². The molecule has 1 heterocycles. The van der Waals surface area contributed by atoms with Gasteiger partial charge < -0.3 is 9.47 Å². The topological polar surface area (TPSA) is 58.7 Å². The van der Waals surface area contributed by atoms with Gasteiger partial charge in [-0.1, -0.05) is 0 Å². The molecule has 105 valence electrons. The van der Waals surface area contributed by atoms with Crippen LogP contribution in [0.4, 0.5) is 0 Å². The lowest BCUT2D eigenvalue weighted by Gasteiger charge is -2.49. The summed E-state index contributed by atoms with van der Waals surface area (Å²) in [4.78, 5) is 11.3. The molecule has 0 bridgehead atoms. The van der Waals surface area contributed by atoms with Crippen molar-refractivity contribution < 1.29 is 19.5 Å². The summed E-state index contributed by atoms with van der Waals surface area (Å²) in [6.07, 6.45) is 1.17. The third-order valence-electron chi connectivity index (χ3n) is 3.30. The van der Waals surface area contributed by atoms with Crippen LogP contribution in [0, 0.1) is 0 Å². The first-order valence-electron chi connectivity index (χ1n) is 6.44. The smallest absolute Gasteiger partial charge is 0.332 e. The van der Waals surface area contributed by atoms with Crippen LogP contribution >= 0.6 is 0 Å². The van der Waals surface area contributed by atoms with Gasteiger partial charge in [0, 0.05) is 11.1 Å². The number of hydroxylamine groups is 2. The summed E-state index contributed by atoms with van der Waals surface area (Å²) in [5.41, 5.74) is -0.942. The fraction of sp³-hybridized carbons (Fsp3) is 0.923. The van der Waals surface area contributed by atoms with Crippen molar-refractivity contribution in [2.24, 2.45) is 0 Å². The van der Waals surface area contributed by atoms with Crippen LogP contribution in [0.25, 0.3) is 0 Å². The van der Waals surface area contributed by atoms with Gasteiger partial charge in [-0.05, 0) is 47.5 Å². The fourth-order valence-electron chi connectivity index (χ4n) is 2.68. The Hall–Kier alpha value is -0.650. The zero-order valence-corrected chi connectivity index (χ0v) is 12.0. The molecule has 1 aliphatic heterocycles. The Kier molecular flexibility index (Phi) is 4.75. The molecule has 0 aliphatic carbocycles. The molecule has 1 saturated heterocycles. The van der Waals surface area contributed by atoms with Gasteiger partial charge >= 0.3 is 5.97 Å². The molecular formula is C13H24NO4. The standard InChI is InChI=1S/C13H24NO4/c1-6-17-11(15)9-18-10-7-12(2,3)14(16)13(4,5)8-10/h10H,6-9H2,1-5H3. The summed E-state index contributed by atoms with van der Waals surface area (Å²) in [5.74, 6) is -0.349. The molecule has 0 saturated carbocycles. The summed E-state index contributed by atoms with van der Waals surface area (Å²) < 4.78 is 10.4. The average molecular weight is 258 g/mol. The maximum Gasteiger partial charge on any atom is 0.332 e. The predicted octanol–water partition coefficient (Wildman–Crippen LogP) is 1.93. The third-order valence-corrected chi connectivity index (χ3v) is 3.30. The monoisotopic (exact) mass is 258 g/mol. The number of nitrogens with zero attached hydrogens (tertiary/aromatic N) is 1. The second-order valence-electron chi connectivity index (χ2n) is 6.07. The van der Waals surface area contributed by atoms with E-state index < -0.39 is 11.1 Å². The van der Waals surface area contributed by atoms with Crippen molar-refractivity contribution in [3.63, 3.8) is 0 Å². The highest BCUT2D eigenvalue weighted by molar-refractivity contribution is 5.70. The first-order valence-corrected chi connectivity index (χ1v) is 6.44. The lowest BCUT2D eigenvalue weighted by Crippen LogP contribution is -2.60. The van der Waals surface area contributed by atoms with Crippen molar-refractivity contribution in [2.75, 3.05) is 13.2 Å². The summed E-state index contributed by atoms with van der Waals surface area (Å²) >= 11 is 0. The SMILES string of the molecule is CCOC(=O)COC1CC(C)(C)N([O])C(C)(C)C1. The molecule has 5 nitrogen and oxygen atoms in total. The van der Waals surface area contributed by atoms with E-state index in [0.29, 0.717) is 19.4 Å². The van der Waals surface area contributed by atoms with Crippen LogP contribution in [0.3, 0.4) is 0 Å². The Morgan fingerprint density at radius 2 is 1.72 bits per heavy atom. The Balaban J connectivity index is 2.56. The zero-order chi connectivity index (χ0) is 14.0. The summed E-state index contributed by atoms with van der Waals surface area (Å²) in [5, 5.41) is 13.3. The molecule has 5 heteroatoms. The minimum atomic E-state index is -0.471. The number of piperidine rings is 1. The Labute approximate surface area is 109 Å². The van der Waals surface area contributed by atoms with Crippen LogP contribution in [0.5, 0.6) is 0 Å². The molecule has 1 radical (unpaired) electrons. The maximum absolute atomic E-state index is 12.1. The minimum Gasteiger partial charge on any atom is -0.464 e. The van der Waals surface area contributed by atoms with Crippen molar-refractivity contribution in [1.29, 1.82) is 0 Å². The Morgan fingerprint density at radius 3 is 2.17 bits per heavy atom. The van der Waals surface area contributed by atoms with Gasteiger partial charge in [-0.15, -0.1) is 10.3 Å². The lowest BCUT2D eigenvalue weighted by atomic mass is 9.80. The number of hydrogen-bond donors (Lipinski definition) is 0. The van der Waals surface area contributed by atoms with Crippen molar-refractivity contribution >= 4 is 5.97 Å². The van der Waals surface area contributed by atoms with Gasteiger partial charge in [0.1, 0.15) is 6.61 Å². The molecule has 0 N–H and O–H groups in total. The fourth-order valence-corrected chi connectivity index (χ4v) is 2.68. The van der Waals surface area contributed by atoms with E-state index in [1.807, 2.05) is 27.7 Å². The van der Waals surface area contributed by atoms with Crippen molar-refractivity contribution in [3.8, 4) is 0 Å². The molecule has 1 rings (SSSR count). The normalized spacial score (nSPS) is 23.9. The van der Waals surface area contributed by atoms with Gasteiger partial charge in [-0.25, -0.2) is 4.79 Å². The van der Waals surface area contributed by atoms with Crippen molar-refractivity contribution in [2.45, 2.75) is 64.6 Å². The number of esters is 1. The highest BCUT2D eigenvalue weighted by atomic mass is 16.6. The lowest BCUT2D eigenvalue weighted by molar-refractivity contribution is -0.301. The second-order valence-corrected chi connectivity index (χ2v) is 6.07. The predicted molar refractivity (Wildman–Crippen MR) is 66.3 cm³/mol. The first-order chi connectivity index (χ1) is 8.19. The van der Waals surface area contributed by atoms with Gasteiger partial charge in [-0.2, -0.15) is 0 Å². The van der Waals surface area contributed by atoms with Gasteiger partial charge in [0.2, 0.25) is 0 Å². The van der Waals surface area contributed by atoms with E-state index in [1.165, 1.54) is 0 Å². The molecular weight excluding hydrogens is 234 g/mol. The molecule has 0 amide bonds. The summed E-state index contributed by atoms with van der Waals surface area (Å²) in [6, 6.07) is 0. The third kappa shape index (κ3) is 3.67. The van der Waals surface area contributed by atoms with E-state index in [2.05, 4.69) is 0 Å². The summed E-state index contributed by atoms with van der Waals surface area (Å²) in [6.45, 7) is 9.70. The molecule has 0 aromatic heterocycles. The van der Waals surface area contributed by atoms with E-state index in [0.717, 1.165) is 5.06 Å². The molecule has 1 aliphatic rings. The van der Waals surface area contributed by atoms with E-state index >= 15 is 0 Å². The Bertz CT molecular complexity index is 283. The molecule has 0 spiro atoms. The molecule has 0 aromatic carbocycles. The van der Waals surface area contributed by atoms with E-state index in [9.17, 15) is 10.0 Å². The minimum absolute atomic E-state index is 0.0382. The highest BCUT2D eigenvalue weighted by Crippen LogP contribution is 2.38. The van der Waals surface area contributed by atoms with Crippen molar-refractivity contribution in [3.05, 3.63) is 0 Å². The summed E-state index contributed by atoms with van der Waals surface area (Å²) in [7, 11) is 0. The Morgan fingerprint density at radius 1 is 1.22 bits per heavy atom. The molecule has 0 aromatic rings. The number of carbonyl (C=O) groups is 1. The van der Waals surface area contributed by atoms with Gasteiger partial charge in [-0.3, -0.25) is 0 Å². The molecule has 0 atom stereocenters. The van der Waals surface area contributed by atoms with Crippen LogP contribution in [0.15, 0.2) is 0 Å². The number of rotatable bonds is 4. The zero-order valence-electron chi connectivity index (χ0n) is 12.0. The average Bonchev–Trinajstić information content (AvgIpc) is 2.23. The van der Waals surface area contributed by atoms with Crippen LogP contribution in [0.2, 0.25) is 0 Å². The van der Waals surface area contributed by atoms with Gasteiger partial charge in [0.05, 0.1) is 12.7 Å². The number of carbonyl (C=O) groups excluding carboxylic acids is 1. The van der Waals surface area contributed by atoms with E-state index in [-0.39, 0.29) is 18.7 Å². The van der Waals surface area contributed by atoms with Gasteiger partial charge in [0.25, 0.3) is 0 Å². The van der Waals surface area contributed by atoms with Crippen LogP contribution < -0.4 is 0 Å². The molecule has 1 fully saturated rings. The number of ether oxygens (including phenoxy) is 2. The number of hydrogen-bond acceptors (Lipinski definition) is 4. The second kappa shape index (κ2) is 5.55. The van der Waals surface area contributed by atoms with Crippen molar-refractivity contribution in [1.82, 2.24) is 5.06 Å².